The van der Waals surface area contributed by atoms with Gasteiger partial charge in [0.05, 0.1) is 24.4 Å². The van der Waals surface area contributed by atoms with Gasteiger partial charge in [0.25, 0.3) is 0 Å². The Bertz CT molecular complexity index is 515. The van der Waals surface area contributed by atoms with Gasteiger partial charge in [-0.15, -0.1) is 0 Å². The maximum atomic E-state index is 11.4. The molecule has 0 fully saturated rings. The van der Waals surface area contributed by atoms with Crippen LogP contribution >= 0.6 is 31.9 Å². The Hall–Kier alpha value is -1.01. The molecule has 0 saturated heterocycles. The molecule has 0 bridgehead atoms. The molecule has 1 N–H and O–H groups in total. The zero-order valence-electron chi connectivity index (χ0n) is 11.6. The van der Waals surface area contributed by atoms with Crippen molar-refractivity contribution in [3.63, 3.8) is 0 Å². The van der Waals surface area contributed by atoms with Gasteiger partial charge in [0.2, 0.25) is 0 Å². The Balaban J connectivity index is 2.79. The SMILES string of the molecule is CC/C(=C/CNc1cc(OC)c(Br)cc1Br)C(=O)OC. The number of ether oxygens (including phenoxy) is 2. The molecule has 0 spiro atoms. The molecule has 0 aromatic heterocycles. The molecule has 0 unspecified atom stereocenters. The summed E-state index contributed by atoms with van der Waals surface area (Å²) in [6, 6.07) is 3.79. The number of anilines is 1. The average molecular weight is 407 g/mol. The summed E-state index contributed by atoms with van der Waals surface area (Å²) in [5.74, 6) is 0.449. The lowest BCUT2D eigenvalue weighted by Gasteiger charge is -2.11. The van der Waals surface area contributed by atoms with E-state index in [0.29, 0.717) is 18.5 Å². The number of carbonyl (C=O) groups excluding carboxylic acids is 1. The lowest BCUT2D eigenvalue weighted by atomic mass is 10.2. The van der Waals surface area contributed by atoms with Crippen molar-refractivity contribution in [1.29, 1.82) is 0 Å². The van der Waals surface area contributed by atoms with Gasteiger partial charge in [-0.1, -0.05) is 13.0 Å². The van der Waals surface area contributed by atoms with Crippen LogP contribution in [0.2, 0.25) is 0 Å². The molecule has 1 aromatic carbocycles. The molecule has 20 heavy (non-hydrogen) atoms. The van der Waals surface area contributed by atoms with Gasteiger partial charge in [-0.3, -0.25) is 0 Å². The topological polar surface area (TPSA) is 47.6 Å². The molecule has 0 radical (unpaired) electrons. The first-order valence-corrected chi connectivity index (χ1v) is 7.66. The van der Waals surface area contributed by atoms with Crippen LogP contribution < -0.4 is 10.1 Å². The number of rotatable bonds is 6. The summed E-state index contributed by atoms with van der Waals surface area (Å²) >= 11 is 6.89. The second kappa shape index (κ2) is 8.32. The van der Waals surface area contributed by atoms with Crippen molar-refractivity contribution in [2.75, 3.05) is 26.1 Å². The van der Waals surface area contributed by atoms with Crippen molar-refractivity contribution in [2.45, 2.75) is 13.3 Å². The fourth-order valence-electron chi connectivity index (χ4n) is 1.61. The molecule has 1 rings (SSSR count). The molecule has 0 aliphatic carbocycles. The summed E-state index contributed by atoms with van der Waals surface area (Å²) in [5.41, 5.74) is 1.54. The van der Waals surface area contributed by atoms with Crippen molar-refractivity contribution in [3.8, 4) is 5.75 Å². The summed E-state index contributed by atoms with van der Waals surface area (Å²) in [4.78, 5) is 11.4. The van der Waals surface area contributed by atoms with Crippen LogP contribution in [0.1, 0.15) is 13.3 Å². The van der Waals surface area contributed by atoms with Crippen LogP contribution in [0, 0.1) is 0 Å². The molecule has 4 nitrogen and oxygen atoms in total. The van der Waals surface area contributed by atoms with Crippen molar-refractivity contribution >= 4 is 43.5 Å². The quantitative estimate of drug-likeness (QED) is 0.569. The van der Waals surface area contributed by atoms with Gasteiger partial charge in [-0.25, -0.2) is 4.79 Å². The van der Waals surface area contributed by atoms with E-state index in [4.69, 9.17) is 9.47 Å². The van der Waals surface area contributed by atoms with Crippen LogP contribution in [-0.2, 0) is 9.53 Å². The minimum absolute atomic E-state index is 0.290. The molecule has 0 heterocycles. The third kappa shape index (κ3) is 4.52. The summed E-state index contributed by atoms with van der Waals surface area (Å²) < 4.78 is 11.7. The zero-order valence-corrected chi connectivity index (χ0v) is 14.8. The van der Waals surface area contributed by atoms with Gasteiger partial charge in [0.15, 0.2) is 0 Å². The number of carbonyl (C=O) groups is 1. The number of nitrogens with one attached hydrogen (secondary N) is 1. The maximum absolute atomic E-state index is 11.4. The minimum atomic E-state index is -0.290. The number of methoxy groups -OCH3 is 2. The number of benzene rings is 1. The van der Waals surface area contributed by atoms with Gasteiger partial charge < -0.3 is 14.8 Å². The van der Waals surface area contributed by atoms with Gasteiger partial charge >= 0.3 is 5.97 Å². The maximum Gasteiger partial charge on any atom is 0.333 e. The Labute approximate surface area is 135 Å². The first-order chi connectivity index (χ1) is 9.53. The van der Waals surface area contributed by atoms with Gasteiger partial charge in [0.1, 0.15) is 5.75 Å². The lowest BCUT2D eigenvalue weighted by Crippen LogP contribution is -2.07. The van der Waals surface area contributed by atoms with E-state index >= 15 is 0 Å². The second-order valence-electron chi connectivity index (χ2n) is 3.92. The second-order valence-corrected chi connectivity index (χ2v) is 5.63. The highest BCUT2D eigenvalue weighted by atomic mass is 79.9. The molecule has 0 amide bonds. The highest BCUT2D eigenvalue weighted by Gasteiger charge is 2.08. The summed E-state index contributed by atoms with van der Waals surface area (Å²) in [6.07, 6.45) is 2.46. The van der Waals surface area contributed by atoms with E-state index < -0.39 is 0 Å². The molecule has 0 atom stereocenters. The fourth-order valence-corrected chi connectivity index (χ4v) is 2.90. The predicted molar refractivity (Wildman–Crippen MR) is 87.3 cm³/mol. The third-order valence-corrected chi connectivity index (χ3v) is 3.99. The van der Waals surface area contributed by atoms with Crippen LogP contribution in [0.5, 0.6) is 5.75 Å². The van der Waals surface area contributed by atoms with Crippen LogP contribution in [-0.4, -0.2) is 26.7 Å². The first kappa shape index (κ1) is 17.0. The molecular formula is C14H17Br2NO3. The summed E-state index contributed by atoms with van der Waals surface area (Å²) in [7, 11) is 3.00. The Morgan fingerprint density at radius 1 is 1.30 bits per heavy atom. The summed E-state index contributed by atoms with van der Waals surface area (Å²) in [5, 5.41) is 3.23. The molecule has 1 aromatic rings. The van der Waals surface area contributed by atoms with E-state index in [1.54, 1.807) is 7.11 Å². The largest absolute Gasteiger partial charge is 0.495 e. The van der Waals surface area contributed by atoms with E-state index in [2.05, 4.69) is 37.2 Å². The van der Waals surface area contributed by atoms with Crippen molar-refractivity contribution in [1.82, 2.24) is 0 Å². The smallest absolute Gasteiger partial charge is 0.333 e. The average Bonchev–Trinajstić information content (AvgIpc) is 2.44. The summed E-state index contributed by atoms with van der Waals surface area (Å²) in [6.45, 7) is 2.45. The number of halogens is 2. The molecular weight excluding hydrogens is 390 g/mol. The fraction of sp³-hybridized carbons (Fsp3) is 0.357. The number of esters is 1. The van der Waals surface area contributed by atoms with Crippen molar-refractivity contribution in [2.24, 2.45) is 0 Å². The van der Waals surface area contributed by atoms with Crippen LogP contribution in [0.25, 0.3) is 0 Å². The normalized spacial score (nSPS) is 11.2. The van der Waals surface area contributed by atoms with Crippen molar-refractivity contribution in [3.05, 3.63) is 32.7 Å². The zero-order chi connectivity index (χ0) is 15.1. The predicted octanol–water partition coefficient (Wildman–Crippen LogP) is 4.14. The number of hydrogen-bond acceptors (Lipinski definition) is 4. The van der Waals surface area contributed by atoms with Gasteiger partial charge in [0, 0.05) is 22.7 Å². The number of hydrogen-bond donors (Lipinski definition) is 1. The van der Waals surface area contributed by atoms with E-state index in [0.717, 1.165) is 20.4 Å². The van der Waals surface area contributed by atoms with Crippen LogP contribution in [0.15, 0.2) is 32.7 Å². The Morgan fingerprint density at radius 3 is 2.55 bits per heavy atom. The minimum Gasteiger partial charge on any atom is -0.495 e. The highest BCUT2D eigenvalue weighted by molar-refractivity contribution is 9.11. The molecule has 0 saturated carbocycles. The van der Waals surface area contributed by atoms with Crippen LogP contribution in [0.3, 0.4) is 0 Å². The molecule has 6 heteroatoms. The van der Waals surface area contributed by atoms with E-state index in [1.807, 2.05) is 25.1 Å². The Morgan fingerprint density at radius 2 is 2.00 bits per heavy atom. The van der Waals surface area contributed by atoms with E-state index in [9.17, 15) is 4.79 Å². The van der Waals surface area contributed by atoms with Crippen LogP contribution in [0.4, 0.5) is 5.69 Å². The first-order valence-electron chi connectivity index (χ1n) is 6.07. The van der Waals surface area contributed by atoms with Gasteiger partial charge in [-0.05, 0) is 44.3 Å². The third-order valence-electron chi connectivity index (χ3n) is 2.71. The standard InChI is InChI=1S/C14H17Br2NO3/c1-4-9(14(18)20-3)5-6-17-12-8-13(19-2)11(16)7-10(12)15/h5,7-8,17H,4,6H2,1-3H3/b9-5-. The molecule has 0 aliphatic rings. The highest BCUT2D eigenvalue weighted by Crippen LogP contribution is 2.34. The van der Waals surface area contributed by atoms with Gasteiger partial charge in [-0.2, -0.15) is 0 Å². The van der Waals surface area contributed by atoms with Crippen molar-refractivity contribution < 1.29 is 14.3 Å². The van der Waals surface area contributed by atoms with E-state index in [-0.39, 0.29) is 5.97 Å². The monoisotopic (exact) mass is 405 g/mol. The molecule has 110 valence electrons. The van der Waals surface area contributed by atoms with E-state index in [1.165, 1.54) is 7.11 Å². The molecule has 0 aliphatic heterocycles. The lowest BCUT2D eigenvalue weighted by molar-refractivity contribution is -0.136. The Kier molecular flexibility index (Phi) is 7.09.